The highest BCUT2D eigenvalue weighted by molar-refractivity contribution is 6.29. The van der Waals surface area contributed by atoms with Crippen LogP contribution in [0.1, 0.15) is 5.56 Å². The van der Waals surface area contributed by atoms with Gasteiger partial charge >= 0.3 is 0 Å². The second-order valence-corrected chi connectivity index (χ2v) is 6.26. The zero-order chi connectivity index (χ0) is 18.8. The summed E-state index contributed by atoms with van der Waals surface area (Å²) in [5.74, 6) is 1.20. The van der Waals surface area contributed by atoms with Gasteiger partial charge in [-0.2, -0.15) is 0 Å². The first-order chi connectivity index (χ1) is 12.6. The third kappa shape index (κ3) is 7.00. The summed E-state index contributed by atoms with van der Waals surface area (Å²) in [6.07, 6.45) is 1.96. The van der Waals surface area contributed by atoms with Gasteiger partial charge in [0.25, 0.3) is 0 Å². The number of aliphatic hydroxyl groups is 1. The molecule has 1 atom stereocenters. The van der Waals surface area contributed by atoms with Crippen LogP contribution in [-0.4, -0.2) is 59.7 Å². The Labute approximate surface area is 159 Å². The molecule has 0 saturated heterocycles. The molecule has 0 spiro atoms. The molecule has 1 aromatic carbocycles. The number of likely N-dealkylation sites (N-methyl/N-ethyl adjacent to an activating group) is 1. The Morgan fingerprint density at radius 3 is 2.77 bits per heavy atom. The molecule has 7 heteroatoms. The summed E-state index contributed by atoms with van der Waals surface area (Å²) in [6.45, 7) is 5.51. The molecule has 1 N–H and O–H groups in total. The molecule has 0 fully saturated rings. The van der Waals surface area contributed by atoms with Crippen LogP contribution in [-0.2, 0) is 6.42 Å². The summed E-state index contributed by atoms with van der Waals surface area (Å²) in [5.41, 5.74) is 1.06. The molecule has 0 aliphatic rings. The van der Waals surface area contributed by atoms with Crippen molar-refractivity contribution < 1.29 is 14.6 Å². The van der Waals surface area contributed by atoms with Crippen LogP contribution in [0.4, 0.5) is 0 Å². The number of hydrogen-bond donors (Lipinski definition) is 1. The van der Waals surface area contributed by atoms with E-state index in [1.165, 1.54) is 0 Å². The lowest BCUT2D eigenvalue weighted by Crippen LogP contribution is -2.35. The minimum atomic E-state index is -0.605. The van der Waals surface area contributed by atoms with Crippen molar-refractivity contribution in [3.8, 4) is 11.6 Å². The monoisotopic (exact) mass is 377 g/mol. The molecule has 1 unspecified atom stereocenters. The van der Waals surface area contributed by atoms with Gasteiger partial charge in [0.1, 0.15) is 25.1 Å². The maximum absolute atomic E-state index is 10.2. The summed E-state index contributed by atoms with van der Waals surface area (Å²) in [5, 5.41) is 18.0. The van der Waals surface area contributed by atoms with E-state index in [-0.39, 0.29) is 6.61 Å². The number of hydrogen-bond acceptors (Lipinski definition) is 6. The third-order valence-corrected chi connectivity index (χ3v) is 3.82. The fourth-order valence-electron chi connectivity index (χ4n) is 2.35. The predicted octanol–water partition coefficient (Wildman–Crippen LogP) is 2.61. The molecule has 0 aliphatic heterocycles. The number of benzene rings is 1. The Morgan fingerprint density at radius 1 is 1.23 bits per heavy atom. The summed E-state index contributed by atoms with van der Waals surface area (Å²) in [6, 6.07) is 11.1. The van der Waals surface area contributed by atoms with Crippen LogP contribution < -0.4 is 9.47 Å². The molecule has 0 radical (unpaired) electrons. The fourth-order valence-corrected chi connectivity index (χ4v) is 2.45. The molecule has 0 bridgehead atoms. The molecule has 0 saturated carbocycles. The molecule has 2 rings (SSSR count). The van der Waals surface area contributed by atoms with E-state index < -0.39 is 6.10 Å². The van der Waals surface area contributed by atoms with E-state index in [0.29, 0.717) is 30.7 Å². The van der Waals surface area contributed by atoms with Gasteiger partial charge in [0, 0.05) is 19.2 Å². The minimum absolute atomic E-state index is 0.224. The number of rotatable bonds is 11. The largest absolute Gasteiger partial charge is 0.491 e. The molecule has 0 amide bonds. The normalized spacial score (nSPS) is 12.0. The molecule has 140 valence electrons. The van der Waals surface area contributed by atoms with Gasteiger partial charge in [0.05, 0.1) is 0 Å². The lowest BCUT2D eigenvalue weighted by atomic mass is 10.1. The summed E-state index contributed by atoms with van der Waals surface area (Å²) >= 11 is 5.67. The van der Waals surface area contributed by atoms with Crippen LogP contribution in [0.15, 0.2) is 49.1 Å². The molecule has 0 aliphatic carbocycles. The lowest BCUT2D eigenvalue weighted by Gasteiger charge is -2.21. The van der Waals surface area contributed by atoms with Crippen molar-refractivity contribution in [3.63, 3.8) is 0 Å². The van der Waals surface area contributed by atoms with E-state index in [4.69, 9.17) is 21.1 Å². The van der Waals surface area contributed by atoms with Gasteiger partial charge in [-0.25, -0.2) is 0 Å². The zero-order valence-electron chi connectivity index (χ0n) is 14.8. The van der Waals surface area contributed by atoms with E-state index in [9.17, 15) is 5.11 Å². The Balaban J connectivity index is 1.69. The number of aromatic nitrogens is 2. The Hall–Kier alpha value is -2.15. The van der Waals surface area contributed by atoms with Crippen molar-refractivity contribution in [1.29, 1.82) is 0 Å². The highest BCUT2D eigenvalue weighted by Crippen LogP contribution is 2.19. The van der Waals surface area contributed by atoms with Gasteiger partial charge in [0.15, 0.2) is 5.15 Å². The van der Waals surface area contributed by atoms with Gasteiger partial charge in [0.2, 0.25) is 5.88 Å². The number of halogens is 1. The van der Waals surface area contributed by atoms with Crippen molar-refractivity contribution in [1.82, 2.24) is 15.1 Å². The number of para-hydroxylation sites is 1. The second kappa shape index (κ2) is 10.8. The van der Waals surface area contributed by atoms with Crippen LogP contribution >= 0.6 is 11.6 Å². The van der Waals surface area contributed by atoms with Crippen LogP contribution in [0.5, 0.6) is 11.6 Å². The second-order valence-electron chi connectivity index (χ2n) is 5.87. The standard InChI is InChI=1S/C19H24ClN3O3/c1-3-6-15-7-4-5-8-17(15)26-14-16(24)13-23(2)11-12-25-19-10-9-18(20)21-22-19/h3-5,7-10,16,24H,1,6,11-14H2,2H3. The van der Waals surface area contributed by atoms with Crippen molar-refractivity contribution in [2.75, 3.05) is 33.4 Å². The first kappa shape index (κ1) is 20.2. The van der Waals surface area contributed by atoms with Crippen LogP contribution in [0.25, 0.3) is 0 Å². The van der Waals surface area contributed by atoms with Crippen LogP contribution in [0.3, 0.4) is 0 Å². The van der Waals surface area contributed by atoms with E-state index in [2.05, 4.69) is 16.8 Å². The van der Waals surface area contributed by atoms with E-state index in [1.807, 2.05) is 42.3 Å². The number of nitrogens with zero attached hydrogens (tertiary/aromatic N) is 3. The van der Waals surface area contributed by atoms with Gasteiger partial charge in [-0.1, -0.05) is 35.9 Å². The number of ether oxygens (including phenoxy) is 2. The van der Waals surface area contributed by atoms with E-state index in [1.54, 1.807) is 12.1 Å². The molecule has 6 nitrogen and oxygen atoms in total. The van der Waals surface area contributed by atoms with Gasteiger partial charge in [-0.3, -0.25) is 0 Å². The van der Waals surface area contributed by atoms with Crippen molar-refractivity contribution in [3.05, 3.63) is 59.8 Å². The van der Waals surface area contributed by atoms with Crippen LogP contribution in [0, 0.1) is 0 Å². The highest BCUT2D eigenvalue weighted by Gasteiger charge is 2.11. The van der Waals surface area contributed by atoms with E-state index >= 15 is 0 Å². The van der Waals surface area contributed by atoms with Gasteiger partial charge < -0.3 is 19.5 Å². The predicted molar refractivity (Wildman–Crippen MR) is 102 cm³/mol. The number of allylic oxidation sites excluding steroid dienone is 1. The Kier molecular flexibility index (Phi) is 8.34. The third-order valence-electron chi connectivity index (χ3n) is 3.62. The molecule has 1 heterocycles. The maximum Gasteiger partial charge on any atom is 0.233 e. The quantitative estimate of drug-likeness (QED) is 0.607. The molecule has 2 aromatic rings. The van der Waals surface area contributed by atoms with Crippen molar-refractivity contribution in [2.24, 2.45) is 0 Å². The zero-order valence-corrected chi connectivity index (χ0v) is 15.6. The Bertz CT molecular complexity index is 682. The summed E-state index contributed by atoms with van der Waals surface area (Å²) < 4.78 is 11.2. The van der Waals surface area contributed by atoms with Gasteiger partial charge in [-0.15, -0.1) is 16.8 Å². The fraction of sp³-hybridized carbons (Fsp3) is 0.368. The minimum Gasteiger partial charge on any atom is -0.491 e. The molecule has 1 aromatic heterocycles. The lowest BCUT2D eigenvalue weighted by molar-refractivity contribution is 0.0717. The van der Waals surface area contributed by atoms with Crippen molar-refractivity contribution in [2.45, 2.75) is 12.5 Å². The average molecular weight is 378 g/mol. The highest BCUT2D eigenvalue weighted by atomic mass is 35.5. The summed E-state index contributed by atoms with van der Waals surface area (Å²) in [4.78, 5) is 1.97. The molecular weight excluding hydrogens is 354 g/mol. The number of aliphatic hydroxyl groups excluding tert-OH is 1. The smallest absolute Gasteiger partial charge is 0.233 e. The van der Waals surface area contributed by atoms with Crippen LogP contribution in [0.2, 0.25) is 5.15 Å². The molecule has 26 heavy (non-hydrogen) atoms. The average Bonchev–Trinajstić information content (AvgIpc) is 2.63. The first-order valence-electron chi connectivity index (χ1n) is 8.38. The maximum atomic E-state index is 10.2. The SMILES string of the molecule is C=CCc1ccccc1OCC(O)CN(C)CCOc1ccc(Cl)nn1. The van der Waals surface area contributed by atoms with Gasteiger partial charge in [-0.05, 0) is 31.2 Å². The summed E-state index contributed by atoms with van der Waals surface area (Å²) in [7, 11) is 1.91. The van der Waals surface area contributed by atoms with Crippen molar-refractivity contribution >= 4 is 11.6 Å². The first-order valence-corrected chi connectivity index (χ1v) is 8.76. The molecular formula is C19H24ClN3O3. The Morgan fingerprint density at radius 2 is 2.04 bits per heavy atom. The topological polar surface area (TPSA) is 67.7 Å². The van der Waals surface area contributed by atoms with E-state index in [0.717, 1.165) is 17.7 Å².